The smallest absolute Gasteiger partial charge is 0.207 e. The molecule has 4 nitrogen and oxygen atoms in total. The molecule has 0 aliphatic carbocycles. The van der Waals surface area contributed by atoms with Crippen LogP contribution in [0.3, 0.4) is 0 Å². The average molecular weight is 197 g/mol. The van der Waals surface area contributed by atoms with Crippen molar-refractivity contribution in [1.82, 2.24) is 5.48 Å². The van der Waals surface area contributed by atoms with Gasteiger partial charge in [0.2, 0.25) is 6.79 Å². The Morgan fingerprint density at radius 3 is 2.64 bits per heavy atom. The third-order valence-corrected chi connectivity index (χ3v) is 1.87. The Balaban J connectivity index is 2.66. The second kappa shape index (κ2) is 5.47. The first-order valence-electron chi connectivity index (χ1n) is 4.34. The molecule has 1 N–H and O–H groups in total. The summed E-state index contributed by atoms with van der Waals surface area (Å²) >= 11 is 0. The first-order chi connectivity index (χ1) is 6.79. The van der Waals surface area contributed by atoms with Gasteiger partial charge < -0.3 is 9.47 Å². The summed E-state index contributed by atoms with van der Waals surface area (Å²) in [5.74, 6) is 1.58. The molecular formula is C10H15NO3. The van der Waals surface area contributed by atoms with Gasteiger partial charge in [0.05, 0.1) is 7.11 Å². The van der Waals surface area contributed by atoms with Gasteiger partial charge in [0.15, 0.2) is 0 Å². The van der Waals surface area contributed by atoms with E-state index in [-0.39, 0.29) is 6.79 Å². The van der Waals surface area contributed by atoms with Crippen LogP contribution < -0.4 is 15.0 Å². The van der Waals surface area contributed by atoms with Crippen LogP contribution in [0.4, 0.5) is 0 Å². The van der Waals surface area contributed by atoms with Gasteiger partial charge in [0.1, 0.15) is 11.5 Å². The van der Waals surface area contributed by atoms with Crippen molar-refractivity contribution in [2.45, 2.75) is 6.92 Å². The maximum atomic E-state index is 5.35. The molecule has 0 aliphatic rings. The summed E-state index contributed by atoms with van der Waals surface area (Å²) in [7, 11) is 3.32. The van der Waals surface area contributed by atoms with E-state index in [2.05, 4.69) is 5.48 Å². The normalized spacial score (nSPS) is 9.93. The minimum Gasteiger partial charge on any atom is -0.496 e. The van der Waals surface area contributed by atoms with Gasteiger partial charge in [-0.05, 0) is 19.1 Å². The average Bonchev–Trinajstić information content (AvgIpc) is 2.21. The second-order valence-electron chi connectivity index (χ2n) is 2.69. The van der Waals surface area contributed by atoms with Gasteiger partial charge in [-0.3, -0.25) is 4.84 Å². The Hall–Kier alpha value is -1.26. The van der Waals surface area contributed by atoms with E-state index in [9.17, 15) is 0 Å². The molecule has 0 aromatic heterocycles. The molecule has 14 heavy (non-hydrogen) atoms. The molecular weight excluding hydrogens is 182 g/mol. The number of benzene rings is 1. The zero-order valence-electron chi connectivity index (χ0n) is 8.66. The highest BCUT2D eigenvalue weighted by atomic mass is 16.8. The van der Waals surface area contributed by atoms with Crippen LogP contribution in [0.2, 0.25) is 0 Å². The second-order valence-corrected chi connectivity index (χ2v) is 2.69. The molecule has 1 rings (SSSR count). The molecule has 0 amide bonds. The van der Waals surface area contributed by atoms with E-state index in [1.807, 2.05) is 25.1 Å². The van der Waals surface area contributed by atoms with Gasteiger partial charge in [-0.25, -0.2) is 5.48 Å². The lowest BCUT2D eigenvalue weighted by molar-refractivity contribution is -0.0370. The van der Waals surface area contributed by atoms with Crippen LogP contribution >= 0.6 is 0 Å². The fraction of sp³-hybridized carbons (Fsp3) is 0.400. The molecule has 0 saturated carbocycles. The van der Waals surface area contributed by atoms with Crippen LogP contribution in [0.15, 0.2) is 18.2 Å². The van der Waals surface area contributed by atoms with Crippen LogP contribution in [0.5, 0.6) is 11.5 Å². The third kappa shape index (κ3) is 2.61. The monoisotopic (exact) mass is 197 g/mol. The highest BCUT2D eigenvalue weighted by Gasteiger charge is 2.04. The van der Waals surface area contributed by atoms with Crippen LogP contribution in [0, 0.1) is 6.92 Å². The Labute approximate surface area is 83.7 Å². The number of ether oxygens (including phenoxy) is 2. The van der Waals surface area contributed by atoms with Crippen molar-refractivity contribution < 1.29 is 14.3 Å². The van der Waals surface area contributed by atoms with Crippen LogP contribution in [0.1, 0.15) is 5.56 Å². The summed E-state index contributed by atoms with van der Waals surface area (Å²) in [6.45, 7) is 2.11. The predicted molar refractivity (Wildman–Crippen MR) is 53.4 cm³/mol. The Morgan fingerprint density at radius 1 is 1.29 bits per heavy atom. The SMILES string of the molecule is CNOCOc1cccc(OC)c1C. The number of hydrogen-bond acceptors (Lipinski definition) is 4. The van der Waals surface area contributed by atoms with E-state index in [4.69, 9.17) is 14.3 Å². The van der Waals surface area contributed by atoms with Crippen LogP contribution in [0.25, 0.3) is 0 Å². The molecule has 0 unspecified atom stereocenters. The third-order valence-electron chi connectivity index (χ3n) is 1.87. The minimum atomic E-state index is 0.171. The molecule has 0 saturated heterocycles. The molecule has 0 fully saturated rings. The summed E-state index contributed by atoms with van der Waals surface area (Å²) in [5, 5.41) is 0. The summed E-state index contributed by atoms with van der Waals surface area (Å²) in [6.07, 6.45) is 0. The molecule has 0 bridgehead atoms. The molecule has 78 valence electrons. The van der Waals surface area contributed by atoms with E-state index in [1.165, 1.54) is 0 Å². The summed E-state index contributed by atoms with van der Waals surface area (Å²) in [5.41, 5.74) is 3.50. The van der Waals surface area contributed by atoms with Crippen molar-refractivity contribution in [2.75, 3.05) is 21.0 Å². The van der Waals surface area contributed by atoms with Crippen LogP contribution in [-0.4, -0.2) is 21.0 Å². The fourth-order valence-corrected chi connectivity index (χ4v) is 1.12. The molecule has 0 spiro atoms. The lowest BCUT2D eigenvalue weighted by Crippen LogP contribution is -2.13. The van der Waals surface area contributed by atoms with Crippen molar-refractivity contribution >= 4 is 0 Å². The van der Waals surface area contributed by atoms with Gasteiger partial charge in [-0.1, -0.05) is 6.07 Å². The van der Waals surface area contributed by atoms with Crippen molar-refractivity contribution in [3.8, 4) is 11.5 Å². The van der Waals surface area contributed by atoms with Gasteiger partial charge in [-0.2, -0.15) is 0 Å². The van der Waals surface area contributed by atoms with Gasteiger partial charge in [0.25, 0.3) is 0 Å². The fourth-order valence-electron chi connectivity index (χ4n) is 1.12. The number of rotatable bonds is 5. The largest absolute Gasteiger partial charge is 0.496 e. The summed E-state index contributed by atoms with van der Waals surface area (Å²) in [4.78, 5) is 4.85. The predicted octanol–water partition coefficient (Wildman–Crippen LogP) is 1.49. The minimum absolute atomic E-state index is 0.171. The van der Waals surface area contributed by atoms with Gasteiger partial charge in [-0.15, -0.1) is 0 Å². The molecule has 1 aromatic carbocycles. The van der Waals surface area contributed by atoms with Crippen molar-refractivity contribution in [3.05, 3.63) is 23.8 Å². The zero-order valence-corrected chi connectivity index (χ0v) is 8.66. The molecule has 1 aromatic rings. The van der Waals surface area contributed by atoms with Crippen LogP contribution in [-0.2, 0) is 4.84 Å². The Kier molecular flexibility index (Phi) is 4.22. The molecule has 0 atom stereocenters. The molecule has 0 aliphatic heterocycles. The van der Waals surface area contributed by atoms with E-state index in [0.29, 0.717) is 0 Å². The first-order valence-corrected chi connectivity index (χ1v) is 4.34. The number of hydroxylamine groups is 1. The van der Waals surface area contributed by atoms with Crippen molar-refractivity contribution in [1.29, 1.82) is 0 Å². The maximum Gasteiger partial charge on any atom is 0.207 e. The number of methoxy groups -OCH3 is 1. The first kappa shape index (κ1) is 10.8. The van der Waals surface area contributed by atoms with Crippen molar-refractivity contribution in [2.24, 2.45) is 0 Å². The van der Waals surface area contributed by atoms with Gasteiger partial charge >= 0.3 is 0 Å². The summed E-state index contributed by atoms with van der Waals surface area (Å²) < 4.78 is 10.5. The zero-order chi connectivity index (χ0) is 10.4. The quantitative estimate of drug-likeness (QED) is 0.441. The molecule has 4 heteroatoms. The maximum absolute atomic E-state index is 5.35. The Bertz CT molecular complexity index is 289. The lowest BCUT2D eigenvalue weighted by Gasteiger charge is -2.11. The van der Waals surface area contributed by atoms with E-state index < -0.39 is 0 Å². The topological polar surface area (TPSA) is 39.7 Å². The van der Waals surface area contributed by atoms with E-state index in [1.54, 1.807) is 14.2 Å². The molecule has 0 heterocycles. The highest BCUT2D eigenvalue weighted by molar-refractivity contribution is 5.43. The number of nitrogens with one attached hydrogen (secondary N) is 1. The summed E-state index contributed by atoms with van der Waals surface area (Å²) in [6, 6.07) is 5.64. The van der Waals surface area contributed by atoms with Gasteiger partial charge in [0, 0.05) is 12.6 Å². The lowest BCUT2D eigenvalue weighted by atomic mass is 10.2. The number of hydrogen-bond donors (Lipinski definition) is 1. The molecule has 0 radical (unpaired) electrons. The standard InChI is InChI=1S/C10H15NO3/c1-8-9(12-3)5-4-6-10(8)13-7-14-11-2/h4-6,11H,7H2,1-3H3. The Morgan fingerprint density at radius 2 is 2.00 bits per heavy atom. The van der Waals surface area contributed by atoms with E-state index >= 15 is 0 Å². The highest BCUT2D eigenvalue weighted by Crippen LogP contribution is 2.26. The van der Waals surface area contributed by atoms with E-state index in [0.717, 1.165) is 17.1 Å². The van der Waals surface area contributed by atoms with Crippen molar-refractivity contribution in [3.63, 3.8) is 0 Å².